The first-order chi connectivity index (χ1) is 15.7. The zero-order valence-corrected chi connectivity index (χ0v) is 18.2. The summed E-state index contributed by atoms with van der Waals surface area (Å²) in [5, 5.41) is 8.62. The topological polar surface area (TPSA) is 50.4 Å². The van der Waals surface area contributed by atoms with Crippen molar-refractivity contribution < 1.29 is 9.53 Å². The third-order valence-electron chi connectivity index (χ3n) is 5.57. The van der Waals surface area contributed by atoms with Crippen molar-refractivity contribution in [2.24, 2.45) is 0 Å². The molecule has 0 aliphatic heterocycles. The number of ether oxygens (including phenoxy) is 1. The number of carbonyl (C=O) groups is 1. The molecular formula is C28H28N2O2. The maximum atomic E-state index is 12.6. The summed E-state index contributed by atoms with van der Waals surface area (Å²) in [5.41, 5.74) is 2.99. The Kier molecular flexibility index (Phi) is 7.28. The fourth-order valence-electron chi connectivity index (χ4n) is 4.03. The minimum absolute atomic E-state index is 0.0255. The molecule has 0 unspecified atom stereocenters. The zero-order valence-electron chi connectivity index (χ0n) is 18.2. The van der Waals surface area contributed by atoms with E-state index in [1.807, 2.05) is 61.6 Å². The number of carbonyl (C=O) groups excluding carboxylic acids is 1. The first-order valence-electron chi connectivity index (χ1n) is 10.9. The Morgan fingerprint density at radius 1 is 0.781 bits per heavy atom. The van der Waals surface area contributed by atoms with Gasteiger partial charge in [0.2, 0.25) is 5.91 Å². The van der Waals surface area contributed by atoms with Gasteiger partial charge in [-0.25, -0.2) is 0 Å². The maximum Gasteiger partial charge on any atom is 0.250 e. The summed E-state index contributed by atoms with van der Waals surface area (Å²) in [7, 11) is 1.94. The number of amides is 1. The Morgan fingerprint density at radius 3 is 2.16 bits per heavy atom. The van der Waals surface area contributed by atoms with Crippen LogP contribution in [0, 0.1) is 0 Å². The van der Waals surface area contributed by atoms with Crippen LogP contribution in [0.4, 0.5) is 5.69 Å². The SMILES string of the molecule is CNC[C@H](c1ccc2ccccc2c1)[C@H](OCC(=O)Nc1ccccc1)c1ccccc1. The van der Waals surface area contributed by atoms with Gasteiger partial charge < -0.3 is 15.4 Å². The summed E-state index contributed by atoms with van der Waals surface area (Å²) in [4.78, 5) is 12.6. The van der Waals surface area contributed by atoms with Crippen LogP contribution >= 0.6 is 0 Å². The van der Waals surface area contributed by atoms with Gasteiger partial charge in [-0.3, -0.25) is 4.79 Å². The molecular weight excluding hydrogens is 396 g/mol. The number of hydrogen-bond donors (Lipinski definition) is 2. The molecule has 4 aromatic rings. The van der Waals surface area contributed by atoms with E-state index >= 15 is 0 Å². The van der Waals surface area contributed by atoms with Crippen LogP contribution in [0.25, 0.3) is 10.8 Å². The van der Waals surface area contributed by atoms with E-state index in [4.69, 9.17) is 4.74 Å². The van der Waals surface area contributed by atoms with Crippen molar-refractivity contribution in [1.82, 2.24) is 5.32 Å². The van der Waals surface area contributed by atoms with Gasteiger partial charge in [0, 0.05) is 18.2 Å². The minimum atomic E-state index is -0.272. The molecule has 0 bridgehead atoms. The summed E-state index contributed by atoms with van der Waals surface area (Å²) < 4.78 is 6.29. The number of hydrogen-bond acceptors (Lipinski definition) is 3. The second-order valence-electron chi connectivity index (χ2n) is 7.83. The van der Waals surface area contributed by atoms with Crippen LogP contribution in [0.1, 0.15) is 23.1 Å². The predicted molar refractivity (Wildman–Crippen MR) is 131 cm³/mol. The third kappa shape index (κ3) is 5.41. The molecule has 4 heteroatoms. The van der Waals surface area contributed by atoms with Crippen LogP contribution in [-0.4, -0.2) is 26.1 Å². The number of rotatable bonds is 9. The minimum Gasteiger partial charge on any atom is -0.363 e. The van der Waals surface area contributed by atoms with Crippen molar-refractivity contribution >= 4 is 22.4 Å². The Hall–Kier alpha value is -3.47. The number of nitrogens with one attached hydrogen (secondary N) is 2. The van der Waals surface area contributed by atoms with E-state index in [9.17, 15) is 4.79 Å². The molecule has 0 aromatic heterocycles. The van der Waals surface area contributed by atoms with Gasteiger partial charge in [0.25, 0.3) is 0 Å². The van der Waals surface area contributed by atoms with E-state index in [1.54, 1.807) is 0 Å². The molecule has 4 aromatic carbocycles. The lowest BCUT2D eigenvalue weighted by Gasteiger charge is -2.28. The molecule has 0 heterocycles. The van der Waals surface area contributed by atoms with Crippen molar-refractivity contribution in [1.29, 1.82) is 0 Å². The highest BCUT2D eigenvalue weighted by atomic mass is 16.5. The normalized spacial score (nSPS) is 12.9. The van der Waals surface area contributed by atoms with Gasteiger partial charge in [0.05, 0.1) is 6.10 Å². The summed E-state index contributed by atoms with van der Waals surface area (Å²) in [6.45, 7) is 0.695. The van der Waals surface area contributed by atoms with Crippen molar-refractivity contribution in [2.45, 2.75) is 12.0 Å². The van der Waals surface area contributed by atoms with E-state index in [-0.39, 0.29) is 24.5 Å². The lowest BCUT2D eigenvalue weighted by molar-refractivity contribution is -0.123. The van der Waals surface area contributed by atoms with Crippen LogP contribution in [0.2, 0.25) is 0 Å². The first kappa shape index (κ1) is 21.8. The van der Waals surface area contributed by atoms with Crippen LogP contribution in [-0.2, 0) is 9.53 Å². The Balaban J connectivity index is 1.60. The van der Waals surface area contributed by atoms with Crippen LogP contribution in [0.15, 0.2) is 103 Å². The van der Waals surface area contributed by atoms with Gasteiger partial charge in [-0.2, -0.15) is 0 Å². The quantitative estimate of drug-likeness (QED) is 0.371. The van der Waals surface area contributed by atoms with Gasteiger partial charge in [-0.05, 0) is 41.1 Å². The van der Waals surface area contributed by atoms with Crippen LogP contribution in [0.3, 0.4) is 0 Å². The van der Waals surface area contributed by atoms with E-state index in [0.717, 1.165) is 17.8 Å². The Bertz CT molecular complexity index is 1150. The standard InChI is InChI=1S/C28H28N2O2/c1-29-19-26(24-17-16-21-10-8-9-13-23(21)18-24)28(22-11-4-2-5-12-22)32-20-27(31)30-25-14-6-3-7-15-25/h2-18,26,28-29H,19-20H2,1H3,(H,30,31)/t26-,28-/m1/s1. The lowest BCUT2D eigenvalue weighted by atomic mass is 9.87. The summed E-state index contributed by atoms with van der Waals surface area (Å²) in [5.74, 6) is -0.129. The molecule has 0 radical (unpaired) electrons. The fraction of sp³-hybridized carbons (Fsp3) is 0.179. The van der Waals surface area contributed by atoms with Crippen molar-refractivity contribution in [3.63, 3.8) is 0 Å². The monoisotopic (exact) mass is 424 g/mol. The van der Waals surface area contributed by atoms with Gasteiger partial charge in [0.1, 0.15) is 6.61 Å². The van der Waals surface area contributed by atoms with Crippen molar-refractivity contribution in [3.8, 4) is 0 Å². The number of fused-ring (bicyclic) bond motifs is 1. The molecule has 2 atom stereocenters. The predicted octanol–water partition coefficient (Wildman–Crippen LogP) is 5.54. The smallest absolute Gasteiger partial charge is 0.250 e. The van der Waals surface area contributed by atoms with E-state index < -0.39 is 0 Å². The lowest BCUT2D eigenvalue weighted by Crippen LogP contribution is -2.28. The average molecular weight is 425 g/mol. The van der Waals surface area contributed by atoms with Crippen molar-refractivity contribution in [3.05, 3.63) is 114 Å². The second kappa shape index (κ2) is 10.7. The second-order valence-corrected chi connectivity index (χ2v) is 7.83. The molecule has 0 spiro atoms. The Morgan fingerprint density at radius 2 is 1.44 bits per heavy atom. The molecule has 0 saturated heterocycles. The average Bonchev–Trinajstić information content (AvgIpc) is 2.84. The molecule has 162 valence electrons. The summed E-state index contributed by atoms with van der Waals surface area (Å²) >= 11 is 0. The highest BCUT2D eigenvalue weighted by Crippen LogP contribution is 2.35. The van der Waals surface area contributed by atoms with Crippen molar-refractivity contribution in [2.75, 3.05) is 25.5 Å². The highest BCUT2D eigenvalue weighted by molar-refractivity contribution is 5.91. The third-order valence-corrected chi connectivity index (χ3v) is 5.57. The van der Waals surface area contributed by atoms with Gasteiger partial charge in [-0.1, -0.05) is 91.0 Å². The van der Waals surface area contributed by atoms with E-state index in [2.05, 4.69) is 59.2 Å². The molecule has 0 aliphatic carbocycles. The van der Waals surface area contributed by atoms with E-state index in [0.29, 0.717) is 0 Å². The maximum absolute atomic E-state index is 12.6. The van der Waals surface area contributed by atoms with Gasteiger partial charge >= 0.3 is 0 Å². The van der Waals surface area contributed by atoms with E-state index in [1.165, 1.54) is 16.3 Å². The molecule has 4 rings (SSSR count). The van der Waals surface area contributed by atoms with Gasteiger partial charge in [0.15, 0.2) is 0 Å². The first-order valence-corrected chi connectivity index (χ1v) is 10.9. The number of benzene rings is 4. The summed E-state index contributed by atoms with van der Waals surface area (Å²) in [6, 6.07) is 34.4. The molecule has 1 amide bonds. The zero-order chi connectivity index (χ0) is 22.2. The molecule has 0 fully saturated rings. The number of likely N-dealkylation sites (N-methyl/N-ethyl adjacent to an activating group) is 1. The van der Waals surface area contributed by atoms with Crippen LogP contribution < -0.4 is 10.6 Å². The van der Waals surface area contributed by atoms with Gasteiger partial charge in [-0.15, -0.1) is 0 Å². The fourth-order valence-corrected chi connectivity index (χ4v) is 4.03. The highest BCUT2D eigenvalue weighted by Gasteiger charge is 2.26. The Labute approximate surface area is 189 Å². The molecule has 0 saturated carbocycles. The summed E-state index contributed by atoms with van der Waals surface area (Å²) in [6.07, 6.45) is -0.272. The number of para-hydroxylation sites is 1. The number of anilines is 1. The molecule has 0 aliphatic rings. The largest absolute Gasteiger partial charge is 0.363 e. The molecule has 32 heavy (non-hydrogen) atoms. The molecule has 2 N–H and O–H groups in total. The van der Waals surface area contributed by atoms with Crippen LogP contribution in [0.5, 0.6) is 0 Å². The molecule has 4 nitrogen and oxygen atoms in total.